The Bertz CT molecular complexity index is 1230. The Hall–Kier alpha value is -4.29. The van der Waals surface area contributed by atoms with Gasteiger partial charge in [0.15, 0.2) is 23.2 Å². The molecule has 3 N–H and O–H groups in total. The summed E-state index contributed by atoms with van der Waals surface area (Å²) in [6.07, 6.45) is -1.64. The van der Waals surface area contributed by atoms with Gasteiger partial charge in [0.2, 0.25) is 23.3 Å². The number of ether oxygens (including phenoxy) is 1. The van der Waals surface area contributed by atoms with E-state index in [2.05, 4.69) is 15.4 Å². The van der Waals surface area contributed by atoms with Crippen LogP contribution in [0.3, 0.4) is 0 Å². The van der Waals surface area contributed by atoms with Crippen molar-refractivity contribution in [1.29, 1.82) is 0 Å². The third-order valence-electron chi connectivity index (χ3n) is 5.25. The molecule has 2 aromatic carbocycles. The summed E-state index contributed by atoms with van der Waals surface area (Å²) in [6.45, 7) is 1.89. The third-order valence-corrected chi connectivity index (χ3v) is 5.25. The van der Waals surface area contributed by atoms with Gasteiger partial charge in [0.05, 0.1) is 6.04 Å². The molecular formula is C25H24F4N2O7. The van der Waals surface area contributed by atoms with Crippen molar-refractivity contribution in [1.82, 2.24) is 5.32 Å². The number of nitrogens with one attached hydrogen (secondary N) is 2. The fourth-order valence-corrected chi connectivity index (χ4v) is 3.20. The molecule has 0 radical (unpaired) electrons. The number of aliphatic carboxylic acids is 1. The predicted octanol–water partition coefficient (Wildman–Crippen LogP) is 3.08. The van der Waals surface area contributed by atoms with Crippen molar-refractivity contribution in [3.63, 3.8) is 0 Å². The fraction of sp³-hybridized carbons (Fsp3) is 0.320. The van der Waals surface area contributed by atoms with Gasteiger partial charge < -0.3 is 20.5 Å². The van der Waals surface area contributed by atoms with E-state index in [1.165, 1.54) is 6.92 Å². The van der Waals surface area contributed by atoms with E-state index in [1.807, 2.05) is 0 Å². The Morgan fingerprint density at radius 2 is 1.63 bits per heavy atom. The molecule has 9 nitrogen and oxygen atoms in total. The van der Waals surface area contributed by atoms with Crippen molar-refractivity contribution in [3.8, 4) is 5.75 Å². The summed E-state index contributed by atoms with van der Waals surface area (Å²) in [4.78, 5) is 60.5. The first kappa shape index (κ1) is 29.9. The largest absolute Gasteiger partial charge is 0.481 e. The van der Waals surface area contributed by atoms with Gasteiger partial charge in [-0.05, 0) is 31.0 Å². The topological polar surface area (TPSA) is 139 Å². The molecule has 0 spiro atoms. The molecule has 0 bridgehead atoms. The van der Waals surface area contributed by atoms with Gasteiger partial charge in [-0.25, -0.2) is 8.78 Å². The van der Waals surface area contributed by atoms with E-state index >= 15 is 0 Å². The van der Waals surface area contributed by atoms with Crippen LogP contribution >= 0.6 is 0 Å². The number of halogens is 4. The van der Waals surface area contributed by atoms with Crippen molar-refractivity contribution in [3.05, 3.63) is 59.2 Å². The van der Waals surface area contributed by atoms with Gasteiger partial charge in [-0.3, -0.25) is 24.0 Å². The number of carboxylic acid groups (broad SMARTS) is 1. The highest BCUT2D eigenvalue weighted by atomic mass is 19.2. The molecule has 2 rings (SSSR count). The smallest absolute Gasteiger partial charge is 0.303 e. The Morgan fingerprint density at radius 1 is 1.00 bits per heavy atom. The monoisotopic (exact) mass is 540 g/mol. The van der Waals surface area contributed by atoms with E-state index in [0.29, 0.717) is 5.69 Å². The first-order chi connectivity index (χ1) is 17.8. The zero-order valence-corrected chi connectivity index (χ0v) is 20.3. The zero-order chi connectivity index (χ0) is 28.6. The molecule has 0 heterocycles. The van der Waals surface area contributed by atoms with Gasteiger partial charge in [0, 0.05) is 30.5 Å². The molecule has 0 aliphatic carbocycles. The maximum absolute atomic E-state index is 13.8. The Labute approximate surface area is 214 Å². The Kier molecular flexibility index (Phi) is 10.5. The van der Waals surface area contributed by atoms with Crippen molar-refractivity contribution in [2.75, 3.05) is 11.9 Å². The number of anilines is 1. The van der Waals surface area contributed by atoms with Gasteiger partial charge in [-0.15, -0.1) is 0 Å². The minimum atomic E-state index is -1.89. The van der Waals surface area contributed by atoms with E-state index in [4.69, 9.17) is 5.11 Å². The van der Waals surface area contributed by atoms with E-state index in [1.54, 1.807) is 31.2 Å². The molecule has 0 saturated heterocycles. The second kappa shape index (κ2) is 13.3. The Balaban J connectivity index is 2.03. The highest BCUT2D eigenvalue weighted by Gasteiger charge is 2.28. The van der Waals surface area contributed by atoms with Crippen LogP contribution in [0.4, 0.5) is 23.2 Å². The van der Waals surface area contributed by atoms with Crippen LogP contribution in [0, 0.1) is 36.1 Å². The average Bonchev–Trinajstić information content (AvgIpc) is 2.84. The van der Waals surface area contributed by atoms with Crippen LogP contribution in [0.25, 0.3) is 0 Å². The van der Waals surface area contributed by atoms with Crippen LogP contribution < -0.4 is 15.4 Å². The lowest BCUT2D eigenvalue weighted by atomic mass is 10.0. The zero-order valence-electron chi connectivity index (χ0n) is 20.3. The van der Waals surface area contributed by atoms with Crippen LogP contribution in [0.15, 0.2) is 30.3 Å². The number of ketones is 2. The quantitative estimate of drug-likeness (QED) is 0.202. The molecule has 0 aliphatic rings. The summed E-state index contributed by atoms with van der Waals surface area (Å²) in [7, 11) is 0. The van der Waals surface area contributed by atoms with E-state index in [9.17, 15) is 41.5 Å². The maximum Gasteiger partial charge on any atom is 0.303 e. The molecule has 204 valence electrons. The molecule has 0 aliphatic heterocycles. The normalized spacial score (nSPS) is 12.3. The summed E-state index contributed by atoms with van der Waals surface area (Å²) < 4.78 is 58.9. The number of hydrogen-bond acceptors (Lipinski definition) is 6. The molecule has 38 heavy (non-hydrogen) atoms. The lowest BCUT2D eigenvalue weighted by molar-refractivity contribution is -0.139. The third kappa shape index (κ3) is 8.39. The summed E-state index contributed by atoms with van der Waals surface area (Å²) in [6, 6.07) is 5.02. The minimum Gasteiger partial charge on any atom is -0.481 e. The number of amides is 2. The number of aryl methyl sites for hydroxylation is 1. The van der Waals surface area contributed by atoms with Gasteiger partial charge in [0.1, 0.15) is 6.61 Å². The first-order valence-electron chi connectivity index (χ1n) is 11.2. The van der Waals surface area contributed by atoms with Crippen molar-refractivity contribution in [2.45, 2.75) is 39.2 Å². The predicted molar refractivity (Wildman–Crippen MR) is 124 cm³/mol. The highest BCUT2D eigenvalue weighted by molar-refractivity contribution is 6.40. The molecule has 0 aromatic heterocycles. The van der Waals surface area contributed by atoms with E-state index in [0.717, 1.165) is 5.56 Å². The SMILES string of the molecule is Cc1cccc(NC(=O)C(=O)C[C@@H](C)C(=O)N[C@@H](CCC(=O)O)C(=O)COc2c(F)c(F)cc(F)c2F)c1. The summed E-state index contributed by atoms with van der Waals surface area (Å²) in [5.41, 5.74) is 1.20. The maximum atomic E-state index is 13.8. The Morgan fingerprint density at radius 3 is 2.21 bits per heavy atom. The van der Waals surface area contributed by atoms with Gasteiger partial charge in [0.25, 0.3) is 5.91 Å². The molecule has 2 amide bonds. The van der Waals surface area contributed by atoms with E-state index < -0.39 is 96.2 Å². The number of rotatable bonds is 13. The molecule has 0 unspecified atom stereocenters. The highest BCUT2D eigenvalue weighted by Crippen LogP contribution is 2.26. The van der Waals surface area contributed by atoms with Crippen LogP contribution in [0.2, 0.25) is 0 Å². The lowest BCUT2D eigenvalue weighted by Gasteiger charge is -2.20. The summed E-state index contributed by atoms with van der Waals surface area (Å²) in [5, 5.41) is 13.5. The standard InChI is InChI=1S/C25H24F4N2O7/c1-12-4-3-5-14(8-12)30-25(37)18(32)9-13(2)24(36)31-17(6-7-20(34)35)19(33)11-38-23-21(28)15(26)10-16(27)22(23)29/h3-5,8,10,13,17H,6-7,9,11H2,1-2H3,(H,30,37)(H,31,36)(H,34,35)/t13-,17+/m1/s1. The molecule has 0 saturated carbocycles. The van der Waals surface area contributed by atoms with Crippen LogP contribution in [-0.2, 0) is 24.0 Å². The number of carboxylic acids is 1. The van der Waals surface area contributed by atoms with Gasteiger partial charge in [-0.2, -0.15) is 8.78 Å². The van der Waals surface area contributed by atoms with Gasteiger partial charge >= 0.3 is 5.97 Å². The number of carbonyl (C=O) groups excluding carboxylic acids is 4. The number of Topliss-reactive ketones (excluding diaryl/α,β-unsaturated/α-hetero) is 2. The van der Waals surface area contributed by atoms with Crippen molar-refractivity contribution in [2.24, 2.45) is 5.92 Å². The van der Waals surface area contributed by atoms with Gasteiger partial charge in [-0.1, -0.05) is 19.1 Å². The lowest BCUT2D eigenvalue weighted by Crippen LogP contribution is -2.45. The second-order valence-electron chi connectivity index (χ2n) is 8.40. The van der Waals surface area contributed by atoms with Crippen molar-refractivity contribution >= 4 is 35.0 Å². The van der Waals surface area contributed by atoms with Crippen molar-refractivity contribution < 1.29 is 51.4 Å². The summed E-state index contributed by atoms with van der Waals surface area (Å²) >= 11 is 0. The molecule has 13 heteroatoms. The fourth-order valence-electron chi connectivity index (χ4n) is 3.20. The molecule has 0 fully saturated rings. The summed E-state index contributed by atoms with van der Waals surface area (Å²) in [5.74, 6) is -15.2. The number of benzene rings is 2. The minimum absolute atomic E-state index is 0.0565. The average molecular weight is 540 g/mol. The number of hydrogen-bond donors (Lipinski definition) is 3. The van der Waals surface area contributed by atoms with Crippen LogP contribution in [0.5, 0.6) is 5.75 Å². The van der Waals surface area contributed by atoms with E-state index in [-0.39, 0.29) is 6.07 Å². The number of carbonyl (C=O) groups is 5. The molecule has 2 atom stereocenters. The first-order valence-corrected chi connectivity index (χ1v) is 11.2. The van der Waals surface area contributed by atoms with Crippen LogP contribution in [-0.4, -0.2) is 47.1 Å². The molecule has 2 aromatic rings. The van der Waals surface area contributed by atoms with Crippen LogP contribution in [0.1, 0.15) is 31.7 Å². The molecular weight excluding hydrogens is 516 g/mol. The second-order valence-corrected chi connectivity index (χ2v) is 8.40.